The highest BCUT2D eigenvalue weighted by atomic mass is 32.2. The van der Waals surface area contributed by atoms with E-state index in [2.05, 4.69) is 19.2 Å². The van der Waals surface area contributed by atoms with Gasteiger partial charge in [-0.3, -0.25) is 4.79 Å². The number of carbonyl (C=O) groups excluding carboxylic acids is 1. The van der Waals surface area contributed by atoms with Gasteiger partial charge in [-0.2, -0.15) is 0 Å². The molecule has 2 heterocycles. The van der Waals surface area contributed by atoms with Crippen molar-refractivity contribution in [2.75, 3.05) is 6.61 Å². The van der Waals surface area contributed by atoms with Crippen LogP contribution >= 0.6 is 11.8 Å². The Morgan fingerprint density at radius 3 is 2.61 bits per heavy atom. The first-order chi connectivity index (χ1) is 14.7. The molecule has 1 saturated heterocycles. The first-order valence-electron chi connectivity index (χ1n) is 10.8. The number of ether oxygens (including phenoxy) is 2. The lowest BCUT2D eigenvalue weighted by molar-refractivity contribution is -0.0397. The van der Waals surface area contributed by atoms with Crippen LogP contribution in [0.1, 0.15) is 46.1 Å². The van der Waals surface area contributed by atoms with E-state index in [1.165, 1.54) is 5.57 Å². The smallest absolute Gasteiger partial charge is 0.281 e. The van der Waals surface area contributed by atoms with Crippen LogP contribution in [-0.4, -0.2) is 45.2 Å². The average molecular weight is 446 g/mol. The summed E-state index contributed by atoms with van der Waals surface area (Å²) in [6, 6.07) is 7.77. The monoisotopic (exact) mass is 445 g/mol. The number of hydrogen-bond acceptors (Lipinski definition) is 6. The SMILES string of the molecule is CC1=C(C)C(O)C(C)C2=C1OC(C)(COc1ccc(CC3SC(=O)NC3O)cc1)CC2. The van der Waals surface area contributed by atoms with Crippen molar-refractivity contribution in [2.24, 2.45) is 5.92 Å². The van der Waals surface area contributed by atoms with E-state index in [0.717, 1.165) is 52.8 Å². The molecule has 7 heteroatoms. The quantitative estimate of drug-likeness (QED) is 0.637. The van der Waals surface area contributed by atoms with Crippen LogP contribution in [0.5, 0.6) is 5.75 Å². The van der Waals surface area contributed by atoms with Gasteiger partial charge in [-0.25, -0.2) is 0 Å². The van der Waals surface area contributed by atoms with Gasteiger partial charge in [0.05, 0.1) is 11.4 Å². The number of benzene rings is 1. The minimum absolute atomic E-state index is 0.0822. The maximum Gasteiger partial charge on any atom is 0.281 e. The molecular formula is C24H31NO5S. The number of thioether (sulfide) groups is 1. The Morgan fingerprint density at radius 1 is 1.26 bits per heavy atom. The predicted molar refractivity (Wildman–Crippen MR) is 121 cm³/mol. The molecule has 2 aliphatic heterocycles. The second-order valence-electron chi connectivity index (χ2n) is 9.12. The van der Waals surface area contributed by atoms with Gasteiger partial charge in [0, 0.05) is 5.92 Å². The summed E-state index contributed by atoms with van der Waals surface area (Å²) in [5.74, 6) is 1.77. The van der Waals surface area contributed by atoms with Gasteiger partial charge in [-0.15, -0.1) is 0 Å². The van der Waals surface area contributed by atoms with E-state index in [-0.39, 0.29) is 16.4 Å². The summed E-state index contributed by atoms with van der Waals surface area (Å²) in [7, 11) is 0. The van der Waals surface area contributed by atoms with Crippen molar-refractivity contribution in [1.29, 1.82) is 0 Å². The summed E-state index contributed by atoms with van der Waals surface area (Å²) in [6.07, 6.45) is 1.10. The minimum Gasteiger partial charge on any atom is -0.489 e. The van der Waals surface area contributed by atoms with Gasteiger partial charge >= 0.3 is 0 Å². The van der Waals surface area contributed by atoms with Crippen LogP contribution in [0.3, 0.4) is 0 Å². The third kappa shape index (κ3) is 4.49. The van der Waals surface area contributed by atoms with Gasteiger partial charge in [-0.1, -0.05) is 30.8 Å². The zero-order chi connectivity index (χ0) is 22.3. The fourth-order valence-corrected chi connectivity index (χ4v) is 5.43. The Bertz CT molecular complexity index is 924. The van der Waals surface area contributed by atoms with Crippen LogP contribution in [0, 0.1) is 5.92 Å². The number of amides is 1. The Kier molecular flexibility index (Phi) is 6.12. The molecule has 3 aliphatic rings. The Labute approximate surface area is 187 Å². The predicted octanol–water partition coefficient (Wildman–Crippen LogP) is 3.92. The van der Waals surface area contributed by atoms with E-state index in [1.807, 2.05) is 38.1 Å². The van der Waals surface area contributed by atoms with E-state index in [9.17, 15) is 15.0 Å². The van der Waals surface area contributed by atoms with Crippen molar-refractivity contribution < 1.29 is 24.5 Å². The molecule has 0 spiro atoms. The van der Waals surface area contributed by atoms with Crippen molar-refractivity contribution in [3.63, 3.8) is 0 Å². The molecule has 1 aliphatic carbocycles. The summed E-state index contributed by atoms with van der Waals surface area (Å²) in [5, 5.41) is 22.5. The summed E-state index contributed by atoms with van der Waals surface area (Å²) in [5.41, 5.74) is 3.83. The number of carbonyl (C=O) groups is 1. The number of aliphatic hydroxyl groups excluding tert-OH is 2. The molecule has 0 bridgehead atoms. The minimum atomic E-state index is -0.805. The standard InChI is InChI=1S/C24H31NO5S/c1-13-14(2)21-18(15(3)20(13)26)9-10-24(4,30-21)12-29-17-7-5-16(6-8-17)11-19-22(27)25-23(28)31-19/h5-8,15,19-20,22,26-27H,9-12H2,1-4H3,(H,25,28). The number of hydrogen-bond donors (Lipinski definition) is 3. The van der Waals surface area contributed by atoms with Crippen LogP contribution < -0.4 is 10.1 Å². The number of rotatable bonds is 5. The van der Waals surface area contributed by atoms with Gasteiger partial charge in [0.15, 0.2) is 0 Å². The molecule has 0 aromatic heterocycles. The van der Waals surface area contributed by atoms with E-state index in [1.54, 1.807) is 0 Å². The van der Waals surface area contributed by atoms with E-state index >= 15 is 0 Å². The molecule has 1 amide bonds. The van der Waals surface area contributed by atoms with Gasteiger partial charge in [0.25, 0.3) is 5.24 Å². The van der Waals surface area contributed by atoms with Gasteiger partial charge in [0.2, 0.25) is 0 Å². The first-order valence-corrected chi connectivity index (χ1v) is 11.7. The van der Waals surface area contributed by atoms with Crippen molar-refractivity contribution in [3.05, 3.63) is 52.3 Å². The van der Waals surface area contributed by atoms with E-state index in [0.29, 0.717) is 13.0 Å². The normalized spacial score (nSPS) is 33.2. The van der Waals surface area contributed by atoms with Crippen molar-refractivity contribution in [1.82, 2.24) is 5.32 Å². The van der Waals surface area contributed by atoms with Gasteiger partial charge in [0.1, 0.15) is 29.9 Å². The highest BCUT2D eigenvalue weighted by Gasteiger charge is 2.40. The Balaban J connectivity index is 1.37. The third-order valence-corrected chi connectivity index (χ3v) is 7.80. The molecule has 5 atom stereocenters. The van der Waals surface area contributed by atoms with Gasteiger partial charge < -0.3 is 25.0 Å². The van der Waals surface area contributed by atoms with Crippen LogP contribution in [0.2, 0.25) is 0 Å². The first kappa shape index (κ1) is 22.2. The zero-order valence-electron chi connectivity index (χ0n) is 18.5. The molecular weight excluding hydrogens is 414 g/mol. The zero-order valence-corrected chi connectivity index (χ0v) is 19.3. The Hall–Kier alpha value is -1.96. The number of allylic oxidation sites excluding steroid dienone is 1. The van der Waals surface area contributed by atoms with Crippen molar-refractivity contribution >= 4 is 17.0 Å². The summed E-state index contributed by atoms with van der Waals surface area (Å²) in [6.45, 7) is 8.57. The molecule has 4 rings (SSSR count). The molecule has 3 N–H and O–H groups in total. The van der Waals surface area contributed by atoms with Crippen molar-refractivity contribution in [2.45, 2.75) is 70.1 Å². The fourth-order valence-electron chi connectivity index (χ4n) is 4.49. The van der Waals surface area contributed by atoms with Crippen LogP contribution in [0.25, 0.3) is 0 Å². The number of nitrogens with one attached hydrogen (secondary N) is 1. The average Bonchev–Trinajstić information content (AvgIpc) is 3.06. The molecule has 0 radical (unpaired) electrons. The summed E-state index contributed by atoms with van der Waals surface area (Å²) in [4.78, 5) is 11.4. The highest BCUT2D eigenvalue weighted by Crippen LogP contribution is 2.44. The van der Waals surface area contributed by atoms with Crippen molar-refractivity contribution in [3.8, 4) is 5.75 Å². The van der Waals surface area contributed by atoms with Crippen LogP contribution in [0.4, 0.5) is 4.79 Å². The maximum absolute atomic E-state index is 11.4. The van der Waals surface area contributed by atoms with E-state index < -0.39 is 17.9 Å². The molecule has 31 heavy (non-hydrogen) atoms. The second-order valence-corrected chi connectivity index (χ2v) is 10.3. The lowest BCUT2D eigenvalue weighted by atomic mass is 9.77. The number of aliphatic hydroxyl groups is 2. The maximum atomic E-state index is 11.4. The summed E-state index contributed by atoms with van der Waals surface area (Å²) < 4.78 is 12.5. The fraction of sp³-hybridized carbons (Fsp3) is 0.542. The van der Waals surface area contributed by atoms with Gasteiger partial charge in [-0.05, 0) is 74.4 Å². The molecule has 1 aromatic rings. The Morgan fingerprint density at radius 2 is 1.97 bits per heavy atom. The lowest BCUT2D eigenvalue weighted by Gasteiger charge is -2.42. The second kappa shape index (κ2) is 8.52. The summed E-state index contributed by atoms with van der Waals surface area (Å²) >= 11 is 1.14. The molecule has 1 fully saturated rings. The van der Waals surface area contributed by atoms with Crippen LogP contribution in [-0.2, 0) is 11.2 Å². The third-order valence-electron chi connectivity index (χ3n) is 6.74. The van der Waals surface area contributed by atoms with E-state index in [4.69, 9.17) is 9.47 Å². The topological polar surface area (TPSA) is 88.0 Å². The molecule has 168 valence electrons. The van der Waals surface area contributed by atoms with Crippen LogP contribution in [0.15, 0.2) is 46.7 Å². The molecule has 1 aromatic carbocycles. The molecule has 5 unspecified atom stereocenters. The lowest BCUT2D eigenvalue weighted by Crippen LogP contribution is -2.41. The largest absolute Gasteiger partial charge is 0.489 e. The highest BCUT2D eigenvalue weighted by molar-refractivity contribution is 8.14. The molecule has 0 saturated carbocycles. The molecule has 6 nitrogen and oxygen atoms in total.